The van der Waals surface area contributed by atoms with Gasteiger partial charge in [-0.05, 0) is 47.5 Å². The van der Waals surface area contributed by atoms with E-state index in [9.17, 15) is 4.79 Å². The Morgan fingerprint density at radius 2 is 1.42 bits per heavy atom. The van der Waals surface area contributed by atoms with Gasteiger partial charge in [0, 0.05) is 40.0 Å². The van der Waals surface area contributed by atoms with Gasteiger partial charge in [-0.3, -0.25) is 4.79 Å². The van der Waals surface area contributed by atoms with Gasteiger partial charge in [0.05, 0.1) is 0 Å². The van der Waals surface area contributed by atoms with Gasteiger partial charge in [0.25, 0.3) is 0 Å². The summed E-state index contributed by atoms with van der Waals surface area (Å²) in [5.41, 5.74) is 3.60. The second kappa shape index (κ2) is 5.77. The fourth-order valence-corrected chi connectivity index (χ4v) is 4.04. The molecule has 118 valence electrons. The molecule has 0 aliphatic heterocycles. The Bertz CT molecular complexity index is 1090. The van der Waals surface area contributed by atoms with E-state index in [1.165, 1.54) is 5.69 Å². The molecule has 0 spiro atoms. The van der Waals surface area contributed by atoms with Crippen molar-refractivity contribution in [3.8, 4) is 11.1 Å². The van der Waals surface area contributed by atoms with E-state index in [-0.39, 0.29) is 5.43 Å². The molecule has 1 heterocycles. The van der Waals surface area contributed by atoms with Crippen molar-refractivity contribution in [3.63, 3.8) is 0 Å². The second-order valence-electron chi connectivity index (χ2n) is 6.08. The van der Waals surface area contributed by atoms with E-state index in [2.05, 4.69) is 35.2 Å². The van der Waals surface area contributed by atoms with Crippen molar-refractivity contribution in [2.45, 2.75) is 0 Å². The minimum Gasteiger partial charge on any atom is -0.378 e. The zero-order valence-electron chi connectivity index (χ0n) is 13.6. The van der Waals surface area contributed by atoms with Gasteiger partial charge in [0.1, 0.15) is 0 Å². The van der Waals surface area contributed by atoms with E-state index in [0.29, 0.717) is 0 Å². The first-order chi connectivity index (χ1) is 11.6. The Kier molecular flexibility index (Phi) is 3.58. The first-order valence-corrected chi connectivity index (χ1v) is 8.68. The summed E-state index contributed by atoms with van der Waals surface area (Å²) in [6.45, 7) is 0. The van der Waals surface area contributed by atoms with Crippen LogP contribution in [0.3, 0.4) is 0 Å². The van der Waals surface area contributed by atoms with Crippen LogP contribution in [-0.4, -0.2) is 14.1 Å². The zero-order chi connectivity index (χ0) is 16.7. The minimum absolute atomic E-state index is 0.119. The van der Waals surface area contributed by atoms with Gasteiger partial charge >= 0.3 is 0 Å². The standard InChI is InChI=1S/C21H17NOS/c1-22(2)16-10-7-14(8-11-16)15-9-12-18-20(13-15)24-19-6-4-3-5-17(19)21(18)23/h3-13H,1-2H3. The summed E-state index contributed by atoms with van der Waals surface area (Å²) in [6.07, 6.45) is 0. The predicted molar refractivity (Wildman–Crippen MR) is 105 cm³/mol. The molecule has 0 aliphatic rings. The molecule has 0 saturated heterocycles. The van der Waals surface area contributed by atoms with Gasteiger partial charge < -0.3 is 4.90 Å². The molecule has 0 amide bonds. The molecule has 0 N–H and O–H groups in total. The normalized spacial score (nSPS) is 11.1. The largest absolute Gasteiger partial charge is 0.378 e. The Morgan fingerprint density at radius 1 is 0.750 bits per heavy atom. The third-order valence-electron chi connectivity index (χ3n) is 4.29. The molecule has 0 radical (unpaired) electrons. The van der Waals surface area contributed by atoms with Crippen molar-refractivity contribution in [1.29, 1.82) is 0 Å². The van der Waals surface area contributed by atoms with E-state index in [0.717, 1.165) is 31.3 Å². The van der Waals surface area contributed by atoms with Crippen LogP contribution in [0.15, 0.2) is 71.5 Å². The summed E-state index contributed by atoms with van der Waals surface area (Å²) in [5.74, 6) is 0. The molecule has 0 aliphatic carbocycles. The minimum atomic E-state index is 0.119. The Balaban J connectivity index is 1.89. The second-order valence-corrected chi connectivity index (χ2v) is 7.16. The molecule has 0 bridgehead atoms. The van der Waals surface area contributed by atoms with E-state index in [1.807, 2.05) is 50.5 Å². The lowest BCUT2D eigenvalue weighted by atomic mass is 10.0. The van der Waals surface area contributed by atoms with Crippen molar-refractivity contribution in [2.24, 2.45) is 0 Å². The zero-order valence-corrected chi connectivity index (χ0v) is 14.4. The molecule has 3 aromatic carbocycles. The van der Waals surface area contributed by atoms with Gasteiger partial charge in [-0.25, -0.2) is 0 Å². The number of anilines is 1. The molecule has 0 atom stereocenters. The van der Waals surface area contributed by atoms with Gasteiger partial charge in [-0.2, -0.15) is 0 Å². The molecule has 1 aromatic heterocycles. The summed E-state index contributed by atoms with van der Waals surface area (Å²) < 4.78 is 2.07. The van der Waals surface area contributed by atoms with Gasteiger partial charge in [0.2, 0.25) is 0 Å². The first-order valence-electron chi connectivity index (χ1n) is 7.87. The molecule has 4 rings (SSSR count). The lowest BCUT2D eigenvalue weighted by Gasteiger charge is -2.13. The number of hydrogen-bond donors (Lipinski definition) is 0. The van der Waals surface area contributed by atoms with Crippen molar-refractivity contribution < 1.29 is 0 Å². The molecule has 2 nitrogen and oxygen atoms in total. The van der Waals surface area contributed by atoms with Gasteiger partial charge in [0.15, 0.2) is 5.43 Å². The maximum Gasteiger partial charge on any atom is 0.195 e. The fraction of sp³-hybridized carbons (Fsp3) is 0.0952. The molecular weight excluding hydrogens is 314 g/mol. The molecule has 24 heavy (non-hydrogen) atoms. The van der Waals surface area contributed by atoms with Crippen LogP contribution in [0.2, 0.25) is 0 Å². The molecule has 4 aromatic rings. The lowest BCUT2D eigenvalue weighted by Crippen LogP contribution is -2.07. The Morgan fingerprint density at radius 3 is 2.17 bits per heavy atom. The first kappa shape index (κ1) is 14.9. The molecule has 0 fully saturated rings. The van der Waals surface area contributed by atoms with Crippen LogP contribution in [-0.2, 0) is 0 Å². The van der Waals surface area contributed by atoms with Crippen molar-refractivity contribution in [1.82, 2.24) is 0 Å². The average Bonchev–Trinajstić information content (AvgIpc) is 2.61. The fourth-order valence-electron chi connectivity index (χ4n) is 2.93. The van der Waals surface area contributed by atoms with E-state index in [1.54, 1.807) is 11.3 Å². The van der Waals surface area contributed by atoms with Crippen LogP contribution in [0.25, 0.3) is 31.3 Å². The average molecular weight is 331 g/mol. The van der Waals surface area contributed by atoms with Crippen LogP contribution >= 0.6 is 11.3 Å². The molecule has 0 unspecified atom stereocenters. The molecular formula is C21H17NOS. The highest BCUT2D eigenvalue weighted by atomic mass is 32.1. The summed E-state index contributed by atoms with van der Waals surface area (Å²) in [4.78, 5) is 14.7. The highest BCUT2D eigenvalue weighted by molar-refractivity contribution is 7.24. The van der Waals surface area contributed by atoms with Gasteiger partial charge in [-0.15, -0.1) is 11.3 Å². The summed E-state index contributed by atoms with van der Waals surface area (Å²) in [6, 6.07) is 22.4. The van der Waals surface area contributed by atoms with Gasteiger partial charge in [-0.1, -0.05) is 30.3 Å². The SMILES string of the molecule is CN(C)c1ccc(-c2ccc3c(=O)c4ccccc4sc3c2)cc1. The van der Waals surface area contributed by atoms with Crippen LogP contribution < -0.4 is 10.3 Å². The monoisotopic (exact) mass is 331 g/mol. The maximum absolute atomic E-state index is 12.7. The smallest absolute Gasteiger partial charge is 0.195 e. The van der Waals surface area contributed by atoms with Crippen LogP contribution in [0.4, 0.5) is 5.69 Å². The highest BCUT2D eigenvalue weighted by Gasteiger charge is 2.07. The Labute approximate surface area is 144 Å². The third kappa shape index (κ3) is 2.47. The van der Waals surface area contributed by atoms with Crippen LogP contribution in [0.1, 0.15) is 0 Å². The van der Waals surface area contributed by atoms with E-state index in [4.69, 9.17) is 0 Å². The number of nitrogens with zero attached hydrogens (tertiary/aromatic N) is 1. The Hall–Kier alpha value is -2.65. The maximum atomic E-state index is 12.7. The third-order valence-corrected chi connectivity index (χ3v) is 5.43. The quantitative estimate of drug-likeness (QED) is 0.474. The number of fused-ring (bicyclic) bond motifs is 2. The van der Waals surface area contributed by atoms with E-state index >= 15 is 0 Å². The summed E-state index contributed by atoms with van der Waals surface area (Å²) in [5, 5.41) is 1.60. The summed E-state index contributed by atoms with van der Waals surface area (Å²) in [7, 11) is 4.07. The lowest BCUT2D eigenvalue weighted by molar-refractivity contribution is 1.13. The topological polar surface area (TPSA) is 20.3 Å². The highest BCUT2D eigenvalue weighted by Crippen LogP contribution is 2.29. The summed E-state index contributed by atoms with van der Waals surface area (Å²) >= 11 is 1.67. The van der Waals surface area contributed by atoms with Crippen molar-refractivity contribution in [3.05, 3.63) is 77.0 Å². The van der Waals surface area contributed by atoms with Crippen molar-refractivity contribution in [2.75, 3.05) is 19.0 Å². The number of benzene rings is 3. The molecule has 0 saturated carbocycles. The van der Waals surface area contributed by atoms with E-state index < -0.39 is 0 Å². The van der Waals surface area contributed by atoms with Crippen LogP contribution in [0, 0.1) is 0 Å². The molecule has 3 heteroatoms. The van der Waals surface area contributed by atoms with Crippen LogP contribution in [0.5, 0.6) is 0 Å². The number of hydrogen-bond acceptors (Lipinski definition) is 3. The number of rotatable bonds is 2. The van der Waals surface area contributed by atoms with Crippen molar-refractivity contribution >= 4 is 37.2 Å². The predicted octanol–water partition coefficient (Wildman–Crippen LogP) is 5.15.